The van der Waals surface area contributed by atoms with Gasteiger partial charge in [0, 0.05) is 6.54 Å². The molecular weight excluding hydrogens is 485 g/mol. The van der Waals surface area contributed by atoms with Crippen LogP contribution in [0.3, 0.4) is 0 Å². The van der Waals surface area contributed by atoms with Crippen LogP contribution in [-0.4, -0.2) is 35.0 Å². The van der Waals surface area contributed by atoms with E-state index in [2.05, 4.69) is 10.3 Å². The molecule has 0 spiro atoms. The molecule has 0 radical (unpaired) electrons. The zero-order valence-corrected chi connectivity index (χ0v) is 19.8. The number of methoxy groups -OCH3 is 1. The minimum absolute atomic E-state index is 0.323. The topological polar surface area (TPSA) is 76.5 Å². The molecule has 37 heavy (non-hydrogen) atoms. The molecule has 1 aliphatic heterocycles. The van der Waals surface area contributed by atoms with Gasteiger partial charge in [-0.2, -0.15) is 13.2 Å². The lowest BCUT2D eigenvalue weighted by Gasteiger charge is -2.17. The van der Waals surface area contributed by atoms with E-state index in [4.69, 9.17) is 4.74 Å². The van der Waals surface area contributed by atoms with Crippen LogP contribution in [0, 0.1) is 0 Å². The number of imidazole rings is 1. The second-order valence-corrected chi connectivity index (χ2v) is 8.67. The molecule has 0 bridgehead atoms. The van der Waals surface area contributed by atoms with Gasteiger partial charge in [-0.25, -0.2) is 4.98 Å². The number of alkyl halides is 3. The van der Waals surface area contributed by atoms with E-state index in [0.717, 1.165) is 17.4 Å². The molecule has 190 valence electrons. The Kier molecular flexibility index (Phi) is 6.32. The summed E-state index contributed by atoms with van der Waals surface area (Å²) in [6.07, 6.45) is -4.42. The first kappa shape index (κ1) is 24.4. The van der Waals surface area contributed by atoms with Crippen molar-refractivity contribution in [1.29, 1.82) is 0 Å². The van der Waals surface area contributed by atoms with Crippen LogP contribution >= 0.6 is 0 Å². The fourth-order valence-electron chi connectivity index (χ4n) is 4.56. The predicted octanol–water partition coefficient (Wildman–Crippen LogP) is 5.22. The van der Waals surface area contributed by atoms with Crippen LogP contribution in [0.2, 0.25) is 0 Å². The van der Waals surface area contributed by atoms with Crippen molar-refractivity contribution in [3.63, 3.8) is 0 Å². The molecule has 0 saturated heterocycles. The molecule has 10 heteroatoms. The van der Waals surface area contributed by atoms with Gasteiger partial charge in [0.1, 0.15) is 11.8 Å². The van der Waals surface area contributed by atoms with E-state index in [1.807, 2.05) is 36.4 Å². The largest absolute Gasteiger partial charge is 0.497 e. The van der Waals surface area contributed by atoms with Crippen molar-refractivity contribution >= 4 is 34.5 Å². The summed E-state index contributed by atoms with van der Waals surface area (Å²) in [6.45, 7) is 0.323. The van der Waals surface area contributed by atoms with Crippen LogP contribution in [0.25, 0.3) is 11.0 Å². The van der Waals surface area contributed by atoms with E-state index in [1.165, 1.54) is 23.1 Å². The molecule has 1 N–H and O–H groups in total. The van der Waals surface area contributed by atoms with Crippen LogP contribution in [-0.2, 0) is 22.2 Å². The molecule has 0 aliphatic carbocycles. The van der Waals surface area contributed by atoms with Gasteiger partial charge in [-0.1, -0.05) is 36.4 Å². The number of anilines is 2. The van der Waals surface area contributed by atoms with Gasteiger partial charge in [-0.3, -0.25) is 19.1 Å². The molecule has 5 rings (SSSR count). The molecule has 2 heterocycles. The van der Waals surface area contributed by atoms with Gasteiger partial charge in [0.05, 0.1) is 35.8 Å². The van der Waals surface area contributed by atoms with Gasteiger partial charge in [-0.05, 0) is 48.4 Å². The molecule has 1 atom stereocenters. The van der Waals surface area contributed by atoms with Crippen LogP contribution in [0.4, 0.5) is 24.8 Å². The maximum absolute atomic E-state index is 13.5. The minimum atomic E-state index is -4.63. The van der Waals surface area contributed by atoms with Gasteiger partial charge in [0.2, 0.25) is 11.9 Å². The van der Waals surface area contributed by atoms with Crippen molar-refractivity contribution in [1.82, 2.24) is 9.55 Å². The van der Waals surface area contributed by atoms with E-state index in [9.17, 15) is 22.8 Å². The van der Waals surface area contributed by atoms with E-state index in [0.29, 0.717) is 29.9 Å². The number of nitrogens with one attached hydrogen (secondary N) is 1. The van der Waals surface area contributed by atoms with Gasteiger partial charge in [-0.15, -0.1) is 0 Å². The fraction of sp³-hybridized carbons (Fsp3) is 0.222. The number of benzene rings is 3. The number of rotatable bonds is 7. The first-order valence-corrected chi connectivity index (χ1v) is 11.6. The summed E-state index contributed by atoms with van der Waals surface area (Å²) in [5.41, 5.74) is 1.02. The van der Waals surface area contributed by atoms with Gasteiger partial charge >= 0.3 is 6.18 Å². The number of amides is 2. The molecule has 1 aliphatic rings. The number of carbonyl (C=O) groups is 2. The third kappa shape index (κ3) is 4.74. The van der Waals surface area contributed by atoms with Crippen molar-refractivity contribution in [2.75, 3.05) is 23.9 Å². The molecule has 1 unspecified atom stereocenters. The average molecular weight is 509 g/mol. The van der Waals surface area contributed by atoms with Gasteiger partial charge < -0.3 is 10.1 Å². The Hall–Kier alpha value is -4.34. The predicted molar refractivity (Wildman–Crippen MR) is 133 cm³/mol. The highest BCUT2D eigenvalue weighted by Crippen LogP contribution is 2.38. The van der Waals surface area contributed by atoms with Crippen LogP contribution in [0.5, 0.6) is 5.75 Å². The monoisotopic (exact) mass is 508 g/mol. The number of halogens is 3. The smallest absolute Gasteiger partial charge is 0.418 e. The number of ether oxygens (including phenoxy) is 1. The maximum Gasteiger partial charge on any atom is 0.418 e. The molecular formula is C27H23F3N4O3. The van der Waals surface area contributed by atoms with Crippen molar-refractivity contribution in [2.24, 2.45) is 0 Å². The van der Waals surface area contributed by atoms with Crippen molar-refractivity contribution in [3.05, 3.63) is 83.9 Å². The lowest BCUT2D eigenvalue weighted by atomic mass is 10.1. The van der Waals surface area contributed by atoms with Crippen LogP contribution in [0.15, 0.2) is 72.8 Å². The van der Waals surface area contributed by atoms with Crippen molar-refractivity contribution < 1.29 is 27.5 Å². The highest BCUT2D eigenvalue weighted by molar-refractivity contribution is 6.05. The Morgan fingerprint density at radius 3 is 2.46 bits per heavy atom. The first-order chi connectivity index (χ1) is 17.8. The zero-order chi connectivity index (χ0) is 26.2. The Morgan fingerprint density at radius 2 is 1.73 bits per heavy atom. The maximum atomic E-state index is 13.5. The number of hydrogen-bond acceptors (Lipinski definition) is 4. The van der Waals surface area contributed by atoms with Crippen LogP contribution < -0.4 is 15.0 Å². The number of carbonyl (C=O) groups excluding carboxylic acids is 2. The Labute approximate surface area is 210 Å². The minimum Gasteiger partial charge on any atom is -0.497 e. The summed E-state index contributed by atoms with van der Waals surface area (Å²) < 4.78 is 47.0. The summed E-state index contributed by atoms with van der Waals surface area (Å²) in [7, 11) is 1.58. The fourth-order valence-corrected chi connectivity index (χ4v) is 4.56. The van der Waals surface area contributed by atoms with Gasteiger partial charge in [0.15, 0.2) is 0 Å². The molecule has 3 aromatic carbocycles. The Bertz CT molecular complexity index is 1460. The Balaban J connectivity index is 1.40. The highest BCUT2D eigenvalue weighted by atomic mass is 19.4. The van der Waals surface area contributed by atoms with Gasteiger partial charge in [0.25, 0.3) is 5.91 Å². The van der Waals surface area contributed by atoms with E-state index in [1.54, 1.807) is 23.8 Å². The summed E-state index contributed by atoms with van der Waals surface area (Å²) in [5.74, 6) is 0.103. The van der Waals surface area contributed by atoms with E-state index < -0.39 is 23.7 Å². The molecule has 0 saturated carbocycles. The number of aromatic nitrogens is 2. The quantitative estimate of drug-likeness (QED) is 0.371. The number of fused-ring (bicyclic) bond motifs is 3. The summed E-state index contributed by atoms with van der Waals surface area (Å²) in [6, 6.07) is 18.5. The SMILES string of the molecule is COc1ccc(CCN2C(=O)C(CC(=O)Nc3ccccc3C(F)(F)F)n3c2nc2ccccc23)cc1. The number of para-hydroxylation sites is 3. The van der Waals surface area contributed by atoms with E-state index in [-0.39, 0.29) is 18.0 Å². The first-order valence-electron chi connectivity index (χ1n) is 11.6. The second kappa shape index (κ2) is 9.61. The second-order valence-electron chi connectivity index (χ2n) is 8.67. The van der Waals surface area contributed by atoms with Crippen LogP contribution in [0.1, 0.15) is 23.6 Å². The molecule has 4 aromatic rings. The summed E-state index contributed by atoms with van der Waals surface area (Å²) in [4.78, 5) is 32.6. The zero-order valence-electron chi connectivity index (χ0n) is 19.8. The summed E-state index contributed by atoms with van der Waals surface area (Å²) in [5, 5.41) is 2.34. The number of nitrogens with zero attached hydrogens (tertiary/aromatic N) is 3. The highest BCUT2D eigenvalue weighted by Gasteiger charge is 2.41. The molecule has 1 aromatic heterocycles. The summed E-state index contributed by atoms with van der Waals surface area (Å²) >= 11 is 0. The lowest BCUT2D eigenvalue weighted by Crippen LogP contribution is -2.33. The average Bonchev–Trinajstić information content (AvgIpc) is 3.37. The van der Waals surface area contributed by atoms with Crippen molar-refractivity contribution in [2.45, 2.75) is 25.1 Å². The molecule has 0 fully saturated rings. The molecule has 2 amide bonds. The lowest BCUT2D eigenvalue weighted by molar-refractivity contribution is -0.137. The van der Waals surface area contributed by atoms with E-state index >= 15 is 0 Å². The third-order valence-corrected chi connectivity index (χ3v) is 6.35. The molecule has 7 nitrogen and oxygen atoms in total. The standard InChI is InChI=1S/C27H23F3N4O3/c1-37-18-12-10-17(11-13-18)14-15-33-25(36)23(34-22-9-5-4-8-21(22)32-26(33)34)16-24(35)31-20-7-3-2-6-19(20)27(28,29)30/h2-13,23H,14-16H2,1H3,(H,31,35). The van der Waals surface area contributed by atoms with Crippen molar-refractivity contribution in [3.8, 4) is 5.75 Å². The third-order valence-electron chi connectivity index (χ3n) is 6.35. The number of hydrogen-bond donors (Lipinski definition) is 1. The normalized spacial score (nSPS) is 15.2. The Morgan fingerprint density at radius 1 is 1.03 bits per heavy atom.